The number of nitrogens with two attached hydrogens (primary N) is 2. The summed E-state index contributed by atoms with van der Waals surface area (Å²) < 4.78 is 13.4. The third kappa shape index (κ3) is 3.22. The Labute approximate surface area is 196 Å². The average molecular weight is 460 g/mol. The molecule has 2 aliphatic heterocycles. The summed E-state index contributed by atoms with van der Waals surface area (Å²) >= 11 is 0. The van der Waals surface area contributed by atoms with Crippen molar-refractivity contribution in [3.63, 3.8) is 0 Å². The van der Waals surface area contributed by atoms with Crippen LogP contribution in [0.15, 0.2) is 42.6 Å². The van der Waals surface area contributed by atoms with E-state index in [1.165, 1.54) is 22.1 Å². The average Bonchev–Trinajstić information content (AvgIpc) is 3.38. The highest BCUT2D eigenvalue weighted by molar-refractivity contribution is 6.08. The van der Waals surface area contributed by atoms with Crippen molar-refractivity contribution in [1.82, 2.24) is 15.0 Å². The van der Waals surface area contributed by atoms with Gasteiger partial charge in [0.2, 0.25) is 5.95 Å². The number of anilines is 3. The molecule has 34 heavy (non-hydrogen) atoms. The molecule has 4 N–H and O–H groups in total. The van der Waals surface area contributed by atoms with Crippen LogP contribution >= 0.6 is 0 Å². The van der Waals surface area contributed by atoms with Crippen molar-refractivity contribution in [1.29, 1.82) is 0 Å². The maximum atomic E-state index is 13.4. The van der Waals surface area contributed by atoms with Gasteiger partial charge in [0.1, 0.15) is 5.82 Å². The van der Waals surface area contributed by atoms with Crippen molar-refractivity contribution >= 4 is 23.2 Å². The molecule has 0 saturated carbocycles. The standard InChI is InChI=1S/C25H26FN7O/c26-19-6-5-18-17(30-19)7-10-33(18)24(34)21-23(28)31-20(14-29-21)32-11-8-25(9-12-32)13-15-3-1-2-4-16(15)22(25)27/h1-6,14,22H,7-13,27H2,(H2,28,31)/t22-/m1/s1. The van der Waals surface area contributed by atoms with Crippen LogP contribution in [0.1, 0.15) is 46.2 Å². The summed E-state index contributed by atoms with van der Waals surface area (Å²) in [7, 11) is 0. The van der Waals surface area contributed by atoms with Crippen LogP contribution in [0.4, 0.5) is 21.7 Å². The second-order valence-electron chi connectivity index (χ2n) is 9.47. The van der Waals surface area contributed by atoms with E-state index in [-0.39, 0.29) is 28.9 Å². The molecular weight excluding hydrogens is 433 g/mol. The Morgan fingerprint density at radius 1 is 1.09 bits per heavy atom. The van der Waals surface area contributed by atoms with Crippen molar-refractivity contribution in [2.45, 2.75) is 31.7 Å². The molecule has 3 aliphatic rings. The Balaban J connectivity index is 1.17. The largest absolute Gasteiger partial charge is 0.382 e. The lowest BCUT2D eigenvalue weighted by Crippen LogP contribution is -2.44. The normalized spacial score (nSPS) is 20.5. The second kappa shape index (κ2) is 7.73. The van der Waals surface area contributed by atoms with Gasteiger partial charge in [-0.2, -0.15) is 4.39 Å². The van der Waals surface area contributed by atoms with E-state index in [2.05, 4.69) is 44.1 Å². The summed E-state index contributed by atoms with van der Waals surface area (Å²) in [5.41, 5.74) is 16.8. The number of hydrogen-bond acceptors (Lipinski definition) is 7. The number of fused-ring (bicyclic) bond motifs is 2. The first-order valence-corrected chi connectivity index (χ1v) is 11.6. The molecule has 1 aromatic carbocycles. The van der Waals surface area contributed by atoms with Gasteiger partial charge >= 0.3 is 0 Å². The fraction of sp³-hybridized carbons (Fsp3) is 0.360. The predicted molar refractivity (Wildman–Crippen MR) is 127 cm³/mol. The van der Waals surface area contributed by atoms with E-state index in [1.807, 2.05) is 0 Å². The Morgan fingerprint density at radius 3 is 2.65 bits per heavy atom. The van der Waals surface area contributed by atoms with Crippen LogP contribution in [-0.4, -0.2) is 40.5 Å². The molecule has 9 heteroatoms. The van der Waals surface area contributed by atoms with Crippen molar-refractivity contribution in [2.75, 3.05) is 35.2 Å². The fourth-order valence-electron chi connectivity index (χ4n) is 5.77. The molecule has 0 radical (unpaired) electrons. The zero-order valence-corrected chi connectivity index (χ0v) is 18.7. The Bertz CT molecular complexity index is 1290. The topological polar surface area (TPSA) is 114 Å². The van der Waals surface area contributed by atoms with Gasteiger partial charge in [-0.15, -0.1) is 0 Å². The maximum absolute atomic E-state index is 13.4. The molecular formula is C25H26FN7O. The molecule has 1 fully saturated rings. The lowest BCUT2D eigenvalue weighted by atomic mass is 9.73. The van der Waals surface area contributed by atoms with E-state index in [1.54, 1.807) is 12.3 Å². The summed E-state index contributed by atoms with van der Waals surface area (Å²) in [5, 5.41) is 0. The Hall–Kier alpha value is -3.59. The van der Waals surface area contributed by atoms with E-state index in [0.29, 0.717) is 30.2 Å². The van der Waals surface area contributed by atoms with E-state index >= 15 is 0 Å². The quantitative estimate of drug-likeness (QED) is 0.566. The van der Waals surface area contributed by atoms with Crippen molar-refractivity contribution in [2.24, 2.45) is 11.1 Å². The number of benzene rings is 1. The third-order valence-corrected chi connectivity index (χ3v) is 7.69. The van der Waals surface area contributed by atoms with Gasteiger partial charge in [0.25, 0.3) is 5.91 Å². The number of pyridine rings is 1. The van der Waals surface area contributed by atoms with Gasteiger partial charge < -0.3 is 21.3 Å². The van der Waals surface area contributed by atoms with Gasteiger partial charge in [0, 0.05) is 32.1 Å². The zero-order chi connectivity index (χ0) is 23.4. The monoisotopic (exact) mass is 459 g/mol. The molecule has 0 bridgehead atoms. The first-order chi connectivity index (χ1) is 16.4. The number of hydrogen-bond donors (Lipinski definition) is 2. The molecule has 4 heterocycles. The molecule has 174 valence electrons. The highest BCUT2D eigenvalue weighted by Gasteiger charge is 2.46. The molecule has 2 aromatic heterocycles. The van der Waals surface area contributed by atoms with Gasteiger partial charge in [-0.25, -0.2) is 15.0 Å². The Morgan fingerprint density at radius 2 is 1.88 bits per heavy atom. The number of rotatable bonds is 2. The fourth-order valence-corrected chi connectivity index (χ4v) is 5.77. The minimum Gasteiger partial charge on any atom is -0.382 e. The maximum Gasteiger partial charge on any atom is 0.280 e. The molecule has 6 rings (SSSR count). The van der Waals surface area contributed by atoms with Crippen molar-refractivity contribution < 1.29 is 9.18 Å². The number of carbonyl (C=O) groups excluding carboxylic acids is 1. The third-order valence-electron chi connectivity index (χ3n) is 7.69. The number of amides is 1. The number of nitrogen functional groups attached to an aromatic ring is 1. The minimum atomic E-state index is -0.553. The van der Waals surface area contributed by atoms with Crippen molar-refractivity contribution in [3.05, 3.63) is 71.1 Å². The van der Waals surface area contributed by atoms with Gasteiger partial charge in [0.05, 0.1) is 17.6 Å². The number of carbonyl (C=O) groups is 1. The van der Waals surface area contributed by atoms with E-state index < -0.39 is 5.95 Å². The van der Waals surface area contributed by atoms with Crippen LogP contribution in [0, 0.1) is 11.4 Å². The summed E-state index contributed by atoms with van der Waals surface area (Å²) in [6.07, 6.45) is 5.03. The highest BCUT2D eigenvalue weighted by atomic mass is 19.1. The van der Waals surface area contributed by atoms with Gasteiger partial charge in [0.15, 0.2) is 11.5 Å². The summed E-state index contributed by atoms with van der Waals surface area (Å²) in [4.78, 5) is 29.6. The van der Waals surface area contributed by atoms with E-state index in [0.717, 1.165) is 32.4 Å². The molecule has 3 aromatic rings. The molecule has 1 atom stereocenters. The van der Waals surface area contributed by atoms with Crippen LogP contribution in [0.5, 0.6) is 0 Å². The highest BCUT2D eigenvalue weighted by Crippen LogP contribution is 2.50. The molecule has 1 saturated heterocycles. The number of halogens is 1. The van der Waals surface area contributed by atoms with Crippen LogP contribution in [0.25, 0.3) is 0 Å². The second-order valence-corrected chi connectivity index (χ2v) is 9.47. The Kier molecular flexibility index (Phi) is 4.77. The van der Waals surface area contributed by atoms with Crippen LogP contribution in [0.3, 0.4) is 0 Å². The summed E-state index contributed by atoms with van der Waals surface area (Å²) in [6, 6.07) is 11.3. The zero-order valence-electron chi connectivity index (χ0n) is 18.7. The first-order valence-electron chi connectivity index (χ1n) is 11.6. The van der Waals surface area contributed by atoms with E-state index in [4.69, 9.17) is 11.5 Å². The summed E-state index contributed by atoms with van der Waals surface area (Å²) in [6.45, 7) is 2.02. The molecule has 8 nitrogen and oxygen atoms in total. The molecule has 0 unspecified atom stereocenters. The van der Waals surface area contributed by atoms with Crippen LogP contribution in [-0.2, 0) is 12.8 Å². The van der Waals surface area contributed by atoms with Gasteiger partial charge in [-0.1, -0.05) is 24.3 Å². The molecule has 1 amide bonds. The first kappa shape index (κ1) is 21.0. The van der Waals surface area contributed by atoms with E-state index in [9.17, 15) is 9.18 Å². The van der Waals surface area contributed by atoms with Crippen LogP contribution in [0.2, 0.25) is 0 Å². The number of nitrogens with zero attached hydrogens (tertiary/aromatic N) is 5. The van der Waals surface area contributed by atoms with Gasteiger partial charge in [-0.3, -0.25) is 4.79 Å². The summed E-state index contributed by atoms with van der Waals surface area (Å²) in [5.74, 6) is -0.145. The molecule has 1 aliphatic carbocycles. The van der Waals surface area contributed by atoms with Crippen molar-refractivity contribution in [3.8, 4) is 0 Å². The SMILES string of the molecule is Nc1nc(N2CCC3(CC2)Cc2ccccc2[C@H]3N)cnc1C(=O)N1CCc2nc(F)ccc21. The molecule has 1 spiro atoms. The lowest BCUT2D eigenvalue weighted by molar-refractivity contribution is 0.0985. The predicted octanol–water partition coefficient (Wildman–Crippen LogP) is 2.64. The lowest BCUT2D eigenvalue weighted by Gasteiger charge is -2.42. The van der Waals surface area contributed by atoms with Crippen LogP contribution < -0.4 is 21.3 Å². The van der Waals surface area contributed by atoms with Gasteiger partial charge in [-0.05, 0) is 47.9 Å². The minimum absolute atomic E-state index is 0.0494. The smallest absolute Gasteiger partial charge is 0.280 e. The number of aromatic nitrogens is 3. The number of piperidine rings is 1.